The number of methoxy groups -OCH3 is 2. The molecule has 4 aliphatic heterocycles. The number of nitrogens with zero attached hydrogens (tertiary/aromatic N) is 12. The topological polar surface area (TPSA) is 280 Å². The summed E-state index contributed by atoms with van der Waals surface area (Å²) in [5.74, 6) is -1.48. The number of hydrogen-bond donors (Lipinski definition) is 4. The van der Waals surface area contributed by atoms with Gasteiger partial charge in [0.25, 0.3) is 11.8 Å². The Hall–Kier alpha value is -11.4. The number of aromatic nitrogens is 7. The molecule has 4 saturated heterocycles. The van der Waals surface area contributed by atoms with Gasteiger partial charge < -0.3 is 20.1 Å². The third-order valence-corrected chi connectivity index (χ3v) is 23.3. The van der Waals surface area contributed by atoms with Gasteiger partial charge in [0.15, 0.2) is 0 Å². The Bertz CT molecular complexity index is 5300. The minimum absolute atomic E-state index is 0.0465. The molecule has 0 bridgehead atoms. The Morgan fingerprint density at radius 1 is 0.569 bits per heavy atom. The molecule has 0 spiro atoms. The van der Waals surface area contributed by atoms with E-state index in [9.17, 15) is 51.6 Å². The van der Waals surface area contributed by atoms with E-state index in [-0.39, 0.29) is 96.3 Å². The van der Waals surface area contributed by atoms with Crippen molar-refractivity contribution in [3.63, 3.8) is 0 Å². The number of rotatable bonds is 17. The maximum atomic E-state index is 14.4. The molecule has 9 heterocycles. The molecular weight excluding hydrogens is 1400 g/mol. The molecule has 109 heavy (non-hydrogen) atoms. The number of halogens is 4. The van der Waals surface area contributed by atoms with Crippen molar-refractivity contribution < 1.29 is 55.8 Å². The van der Waals surface area contributed by atoms with E-state index >= 15 is 0 Å². The van der Waals surface area contributed by atoms with Crippen LogP contribution in [0.4, 0.5) is 49.9 Å². The third kappa shape index (κ3) is 14.8. The van der Waals surface area contributed by atoms with E-state index in [2.05, 4.69) is 76.0 Å². The molecule has 24 nitrogen and oxygen atoms in total. The largest absolute Gasteiger partial charge is 0.494 e. The van der Waals surface area contributed by atoms with Crippen molar-refractivity contribution in [2.24, 2.45) is 11.8 Å². The first-order chi connectivity index (χ1) is 52.8. The van der Waals surface area contributed by atoms with Crippen molar-refractivity contribution >= 4 is 102 Å². The molecule has 16 rings (SSSR count). The number of likely N-dealkylation sites (tertiary alicyclic amines) is 2. The molecule has 5 aromatic heterocycles. The SMILES string of the molecule is COc1cc2nn([C@H]3CC[C@H](CN4CCC(c5ccc6c(N7CCC(=O)NC7=O)cncc6c5)CC4C4CC(c5cccc6c(N7CCC(=O)NC7=O)cncc56)CCN4C[C@H]4CC[C@H](n5cc6cc(NC(=O)c7cc(F)cc(C(F)(F)F)c7)c(OC)cc6n5)CC4)CC3)cc2cc1NC(=O)c1cncc(C#N)c1. The van der Waals surface area contributed by atoms with Crippen LogP contribution in [-0.2, 0) is 15.8 Å². The average Bonchev–Trinajstić information content (AvgIpc) is 1.48. The lowest BCUT2D eigenvalue weighted by Gasteiger charge is -2.52. The summed E-state index contributed by atoms with van der Waals surface area (Å²) in [5.41, 5.74) is 4.41. The molecule has 2 aliphatic carbocycles. The van der Waals surface area contributed by atoms with Crippen molar-refractivity contribution in [3.05, 3.63) is 174 Å². The second kappa shape index (κ2) is 30.0. The summed E-state index contributed by atoms with van der Waals surface area (Å²) in [6, 6.07) is 24.6. The Morgan fingerprint density at radius 3 is 1.69 bits per heavy atom. The van der Waals surface area contributed by atoms with Gasteiger partial charge in [-0.25, -0.2) is 14.0 Å². The second-order valence-corrected chi connectivity index (χ2v) is 29.8. The minimum atomic E-state index is -4.86. The standard InChI is InChI=1S/C81H80F4N16O8/c1-108-73-33-65-55(28-67(73)90-77(104)52-26-57(81(83,84)85)32-58(82)27-52)44-100(94-65)60-13-8-47(9-14-60)43-97-21-17-51(61-4-3-5-63-64(61)39-89-41-72(63)99-23-19-76(103)93-80(99)107)31-70(97)69-30-50(49-10-15-62-53(25-49)37-88-40-71(62)98-22-18-75(102)92-79(98)106)16-20-96(69)42-46-6-11-59(12-7-46)101-45-56-29-68(74(109-2)34-66(56)95-101)91-78(105)54-24-48(35-86)36-87-38-54/h3-5,10,15,24-29,32-34,36-41,44-47,50-51,59-60,69-70H,6-9,11-14,16-23,30-31,42-43H2,1-2H3,(H,90,104)(H,91,105)(H,92,102,106)(H,93,103,107)/t46-,47-,50?,51?,59-,60-,69?,70?. The summed E-state index contributed by atoms with van der Waals surface area (Å²) in [4.78, 5) is 101. The Kier molecular flexibility index (Phi) is 19.7. The predicted molar refractivity (Wildman–Crippen MR) is 400 cm³/mol. The molecule has 6 aliphatic rings. The van der Waals surface area contributed by atoms with Crippen LogP contribution in [0.5, 0.6) is 11.5 Å². The quantitative estimate of drug-likeness (QED) is 0.0617. The van der Waals surface area contributed by atoms with E-state index in [1.165, 1.54) is 36.7 Å². The van der Waals surface area contributed by atoms with Gasteiger partial charge >= 0.3 is 18.2 Å². The molecule has 28 heteroatoms. The van der Waals surface area contributed by atoms with Gasteiger partial charge in [-0.2, -0.15) is 28.6 Å². The normalized spacial score (nSPS) is 22.5. The highest BCUT2D eigenvalue weighted by atomic mass is 19.4. The number of urea groups is 2. The lowest BCUT2D eigenvalue weighted by atomic mass is 9.75. The molecule has 4 unspecified atom stereocenters. The van der Waals surface area contributed by atoms with E-state index in [4.69, 9.17) is 24.7 Å². The minimum Gasteiger partial charge on any atom is -0.494 e. The summed E-state index contributed by atoms with van der Waals surface area (Å²) >= 11 is 0. The monoisotopic (exact) mass is 1480 g/mol. The van der Waals surface area contributed by atoms with E-state index in [1.54, 1.807) is 41.4 Å². The number of pyridine rings is 3. The number of benzene rings is 5. The van der Waals surface area contributed by atoms with Gasteiger partial charge in [0.2, 0.25) is 11.8 Å². The maximum absolute atomic E-state index is 14.4. The first-order valence-corrected chi connectivity index (χ1v) is 37.2. The van der Waals surface area contributed by atoms with Gasteiger partial charge in [-0.3, -0.25) is 73.7 Å². The molecule has 6 fully saturated rings. The fourth-order valence-electron chi connectivity index (χ4n) is 17.7. The van der Waals surface area contributed by atoms with Crippen LogP contribution in [0.15, 0.2) is 135 Å². The number of nitrogens with one attached hydrogen (secondary N) is 4. The van der Waals surface area contributed by atoms with E-state index in [1.807, 2.05) is 53.7 Å². The van der Waals surface area contributed by atoms with Crippen LogP contribution >= 0.6 is 0 Å². The fraction of sp³-hybridized carbons (Fsp3) is 0.383. The first-order valence-electron chi connectivity index (χ1n) is 37.2. The van der Waals surface area contributed by atoms with Gasteiger partial charge in [0.1, 0.15) is 23.4 Å². The number of imide groups is 2. The average molecular weight is 1480 g/mol. The van der Waals surface area contributed by atoms with Crippen LogP contribution in [0, 0.1) is 29.0 Å². The first kappa shape index (κ1) is 71.8. The van der Waals surface area contributed by atoms with Crippen molar-refractivity contribution in [1.29, 1.82) is 5.26 Å². The van der Waals surface area contributed by atoms with Crippen LogP contribution in [0.1, 0.15) is 157 Å². The molecule has 560 valence electrons. The van der Waals surface area contributed by atoms with Crippen molar-refractivity contribution in [1.82, 2.24) is 54.9 Å². The highest BCUT2D eigenvalue weighted by molar-refractivity contribution is 6.12. The Balaban J connectivity index is 0.688. The maximum Gasteiger partial charge on any atom is 0.416 e. The highest BCUT2D eigenvalue weighted by Gasteiger charge is 2.44. The number of anilines is 4. The van der Waals surface area contributed by atoms with Gasteiger partial charge in [-0.15, -0.1) is 0 Å². The number of piperidine rings is 2. The van der Waals surface area contributed by atoms with Gasteiger partial charge in [-0.1, -0.05) is 30.3 Å². The molecule has 5 aromatic carbocycles. The van der Waals surface area contributed by atoms with Gasteiger partial charge in [0.05, 0.1) is 89.2 Å². The van der Waals surface area contributed by atoms with E-state index in [0.717, 1.165) is 142 Å². The number of ether oxygens (including phenoxy) is 2. The van der Waals surface area contributed by atoms with Crippen LogP contribution in [0.3, 0.4) is 0 Å². The number of nitriles is 1. The van der Waals surface area contributed by atoms with Crippen LogP contribution in [0.25, 0.3) is 43.4 Å². The van der Waals surface area contributed by atoms with E-state index < -0.39 is 47.0 Å². The highest BCUT2D eigenvalue weighted by Crippen LogP contribution is 2.47. The predicted octanol–water partition coefficient (Wildman–Crippen LogP) is 14.0. The molecule has 10 aromatic rings. The number of fused-ring (bicyclic) bond motifs is 4. The van der Waals surface area contributed by atoms with Crippen LogP contribution < -0.4 is 40.5 Å². The van der Waals surface area contributed by atoms with Gasteiger partial charge in [-0.05, 0) is 167 Å². The van der Waals surface area contributed by atoms with Crippen molar-refractivity contribution in [2.45, 2.75) is 132 Å². The lowest BCUT2D eigenvalue weighted by molar-refractivity contribution is -0.137. The molecule has 2 saturated carbocycles. The smallest absolute Gasteiger partial charge is 0.416 e. The Morgan fingerprint density at radius 2 is 1.12 bits per heavy atom. The number of hydrogen-bond acceptors (Lipinski definition) is 16. The summed E-state index contributed by atoms with van der Waals surface area (Å²) in [5, 5.41) is 35.3. The molecule has 4 N–H and O–H groups in total. The van der Waals surface area contributed by atoms with Crippen LogP contribution in [-0.4, -0.2) is 146 Å². The number of alkyl halides is 3. The summed E-state index contributed by atoms with van der Waals surface area (Å²) < 4.78 is 70.9. The number of carbonyl (C=O) groups is 6. The van der Waals surface area contributed by atoms with Crippen molar-refractivity contribution in [3.8, 4) is 17.6 Å². The zero-order chi connectivity index (χ0) is 75.4. The molecule has 0 radical (unpaired) electrons. The Labute approximate surface area is 624 Å². The fourth-order valence-corrected chi connectivity index (χ4v) is 17.7. The molecular formula is C81H80F4N16O8. The molecule has 4 atom stereocenters. The third-order valence-electron chi connectivity index (χ3n) is 23.3. The molecule has 8 amide bonds. The van der Waals surface area contributed by atoms with E-state index in [0.29, 0.717) is 57.7 Å². The number of amides is 8. The summed E-state index contributed by atoms with van der Waals surface area (Å²) in [7, 11) is 2.96. The lowest BCUT2D eigenvalue weighted by Crippen LogP contribution is -2.58. The van der Waals surface area contributed by atoms with Crippen molar-refractivity contribution in [2.75, 3.05) is 73.9 Å². The summed E-state index contributed by atoms with van der Waals surface area (Å²) in [6.45, 7) is 3.95. The van der Waals surface area contributed by atoms with Crippen LogP contribution in [0.2, 0.25) is 0 Å². The zero-order valence-corrected chi connectivity index (χ0v) is 60.1. The summed E-state index contributed by atoms with van der Waals surface area (Å²) in [6.07, 6.45) is 20.3. The zero-order valence-electron chi connectivity index (χ0n) is 60.1. The second-order valence-electron chi connectivity index (χ2n) is 29.8. The number of carbonyl (C=O) groups excluding carboxylic acids is 6. The van der Waals surface area contributed by atoms with Gasteiger partial charge in [0, 0.05) is 138 Å².